The van der Waals surface area contributed by atoms with Crippen LogP contribution in [0.3, 0.4) is 0 Å². The summed E-state index contributed by atoms with van der Waals surface area (Å²) < 4.78 is 38.5. The molecule has 0 saturated heterocycles. The molecule has 0 unspecified atom stereocenters. The van der Waals surface area contributed by atoms with Crippen LogP contribution in [-0.4, -0.2) is 45.9 Å². The summed E-state index contributed by atoms with van der Waals surface area (Å²) in [5, 5.41) is 2.23. The molecule has 4 rings (SSSR count). The number of ether oxygens (including phenoxy) is 2. The lowest BCUT2D eigenvalue weighted by Crippen LogP contribution is -2.35. The van der Waals surface area contributed by atoms with Gasteiger partial charge in [0.1, 0.15) is 5.84 Å². The van der Waals surface area contributed by atoms with E-state index in [1.807, 2.05) is 42.5 Å². The van der Waals surface area contributed by atoms with Crippen molar-refractivity contribution in [2.75, 3.05) is 27.3 Å². The Morgan fingerprint density at radius 2 is 1.72 bits per heavy atom. The topological polar surface area (TPSA) is 68.2 Å². The van der Waals surface area contributed by atoms with E-state index in [4.69, 9.17) is 9.47 Å². The zero-order valence-electron chi connectivity index (χ0n) is 16.3. The molecule has 3 aromatic rings. The fraction of sp³-hybridized carbons (Fsp3) is 0.227. The Hall–Kier alpha value is -3.06. The summed E-state index contributed by atoms with van der Waals surface area (Å²) in [6.07, 6.45) is 0.452. The van der Waals surface area contributed by atoms with Gasteiger partial charge >= 0.3 is 0 Å². The smallest absolute Gasteiger partial charge is 0.265 e. The average molecular weight is 410 g/mol. The number of hydrogen-bond donors (Lipinski definition) is 0. The molecule has 0 aromatic heterocycles. The number of nitrogens with zero attached hydrogens (tertiary/aromatic N) is 2. The molecular weight excluding hydrogens is 388 g/mol. The summed E-state index contributed by atoms with van der Waals surface area (Å²) in [6, 6.07) is 18.8. The number of amidine groups is 1. The minimum atomic E-state index is -3.75. The second-order valence-corrected chi connectivity index (χ2v) is 8.57. The number of benzene rings is 3. The van der Waals surface area contributed by atoms with E-state index < -0.39 is 10.0 Å². The first kappa shape index (κ1) is 19.3. The Labute approximate surface area is 170 Å². The van der Waals surface area contributed by atoms with Gasteiger partial charge in [-0.15, -0.1) is 0 Å². The minimum Gasteiger partial charge on any atom is -0.493 e. The summed E-state index contributed by atoms with van der Waals surface area (Å²) in [7, 11) is -0.753. The molecule has 29 heavy (non-hydrogen) atoms. The Kier molecular flexibility index (Phi) is 5.15. The van der Waals surface area contributed by atoms with Crippen molar-refractivity contribution >= 4 is 26.6 Å². The number of sulfonamides is 1. The third-order valence-electron chi connectivity index (χ3n) is 5.06. The van der Waals surface area contributed by atoms with Gasteiger partial charge in [0.05, 0.1) is 32.2 Å². The van der Waals surface area contributed by atoms with E-state index in [1.165, 1.54) is 30.7 Å². The maximum atomic E-state index is 13.3. The van der Waals surface area contributed by atoms with E-state index >= 15 is 0 Å². The lowest BCUT2D eigenvalue weighted by atomic mass is 10.0. The summed E-state index contributed by atoms with van der Waals surface area (Å²) in [5.74, 6) is 1.41. The summed E-state index contributed by atoms with van der Waals surface area (Å²) in [4.78, 5) is 4.65. The SMILES string of the molecule is COc1ccc(S(=O)(=O)N2CCN=C2Cc2cccc3ccccc23)cc1OC. The normalized spacial score (nSPS) is 14.1. The maximum Gasteiger partial charge on any atom is 0.265 e. The van der Waals surface area contributed by atoms with Crippen molar-refractivity contribution in [1.29, 1.82) is 0 Å². The fourth-order valence-corrected chi connectivity index (χ4v) is 5.07. The number of methoxy groups -OCH3 is 2. The highest BCUT2D eigenvalue weighted by Gasteiger charge is 2.31. The van der Waals surface area contributed by atoms with Crippen molar-refractivity contribution in [1.82, 2.24) is 4.31 Å². The molecule has 7 heteroatoms. The Morgan fingerprint density at radius 1 is 0.966 bits per heavy atom. The number of rotatable bonds is 6. The van der Waals surface area contributed by atoms with E-state index in [9.17, 15) is 8.42 Å². The van der Waals surface area contributed by atoms with E-state index in [0.29, 0.717) is 36.8 Å². The zero-order chi connectivity index (χ0) is 20.4. The van der Waals surface area contributed by atoms with Gasteiger partial charge < -0.3 is 9.47 Å². The molecule has 3 aromatic carbocycles. The van der Waals surface area contributed by atoms with Crippen LogP contribution in [0.15, 0.2) is 70.6 Å². The van der Waals surface area contributed by atoms with Crippen LogP contribution in [0.5, 0.6) is 11.5 Å². The number of fused-ring (bicyclic) bond motifs is 1. The van der Waals surface area contributed by atoms with Gasteiger partial charge in [0, 0.05) is 12.5 Å². The van der Waals surface area contributed by atoms with E-state index in [1.54, 1.807) is 6.07 Å². The highest BCUT2D eigenvalue weighted by Crippen LogP contribution is 2.31. The Bertz CT molecular complexity index is 1180. The Morgan fingerprint density at radius 3 is 2.52 bits per heavy atom. The van der Waals surface area contributed by atoms with E-state index in [0.717, 1.165) is 16.3 Å². The van der Waals surface area contributed by atoms with Gasteiger partial charge in [-0.25, -0.2) is 8.42 Å². The van der Waals surface area contributed by atoms with Crippen LogP contribution in [0.2, 0.25) is 0 Å². The molecular formula is C22H22N2O4S. The first-order valence-corrected chi connectivity index (χ1v) is 10.7. The average Bonchev–Trinajstić information content (AvgIpc) is 3.22. The molecule has 0 atom stereocenters. The molecule has 1 heterocycles. The fourth-order valence-electron chi connectivity index (χ4n) is 3.60. The minimum absolute atomic E-state index is 0.155. The molecule has 0 saturated carbocycles. The van der Waals surface area contributed by atoms with Crippen molar-refractivity contribution in [2.45, 2.75) is 11.3 Å². The van der Waals surface area contributed by atoms with Crippen LogP contribution < -0.4 is 9.47 Å². The van der Waals surface area contributed by atoms with Crippen molar-refractivity contribution in [3.05, 3.63) is 66.2 Å². The molecule has 0 amide bonds. The van der Waals surface area contributed by atoms with Crippen molar-refractivity contribution < 1.29 is 17.9 Å². The van der Waals surface area contributed by atoms with Crippen molar-refractivity contribution in [3.63, 3.8) is 0 Å². The number of aliphatic imine (C=N–C) groups is 1. The van der Waals surface area contributed by atoms with Gasteiger partial charge in [0.2, 0.25) is 0 Å². The number of hydrogen-bond acceptors (Lipinski definition) is 5. The van der Waals surface area contributed by atoms with Crippen LogP contribution in [0.1, 0.15) is 5.56 Å². The molecule has 1 aliphatic rings. The van der Waals surface area contributed by atoms with Crippen molar-refractivity contribution in [2.24, 2.45) is 4.99 Å². The second kappa shape index (κ2) is 7.75. The van der Waals surface area contributed by atoms with Crippen LogP contribution >= 0.6 is 0 Å². The first-order chi connectivity index (χ1) is 14.0. The maximum absolute atomic E-state index is 13.3. The van der Waals surface area contributed by atoms with Crippen LogP contribution in [0.4, 0.5) is 0 Å². The Balaban J connectivity index is 1.67. The molecule has 150 valence electrons. The quantitative estimate of drug-likeness (QED) is 0.624. The zero-order valence-corrected chi connectivity index (χ0v) is 17.1. The van der Waals surface area contributed by atoms with Crippen LogP contribution in [0, 0.1) is 0 Å². The molecule has 0 N–H and O–H groups in total. The van der Waals surface area contributed by atoms with Crippen LogP contribution in [-0.2, 0) is 16.4 Å². The van der Waals surface area contributed by atoms with Gasteiger partial charge in [0.25, 0.3) is 10.0 Å². The molecule has 0 aliphatic carbocycles. The summed E-state index contributed by atoms with van der Waals surface area (Å²) in [6.45, 7) is 0.781. The molecule has 6 nitrogen and oxygen atoms in total. The monoisotopic (exact) mass is 410 g/mol. The lowest BCUT2D eigenvalue weighted by Gasteiger charge is -2.21. The van der Waals surface area contributed by atoms with Crippen LogP contribution in [0.25, 0.3) is 10.8 Å². The first-order valence-electron chi connectivity index (χ1n) is 9.29. The summed E-state index contributed by atoms with van der Waals surface area (Å²) in [5.41, 5.74) is 1.05. The predicted molar refractivity (Wildman–Crippen MR) is 113 cm³/mol. The van der Waals surface area contributed by atoms with E-state index in [2.05, 4.69) is 4.99 Å². The standard InChI is InChI=1S/C22H22N2O4S/c1-27-20-11-10-18(15-21(20)28-2)29(25,26)24-13-12-23-22(24)14-17-8-5-7-16-6-3-4-9-19(16)17/h3-11,15H,12-14H2,1-2H3. The second-order valence-electron chi connectivity index (χ2n) is 6.71. The molecule has 1 aliphatic heterocycles. The predicted octanol–water partition coefficient (Wildman–Crippen LogP) is 3.50. The van der Waals surface area contributed by atoms with E-state index in [-0.39, 0.29) is 4.90 Å². The molecule has 0 spiro atoms. The van der Waals surface area contributed by atoms with Gasteiger partial charge in [-0.1, -0.05) is 42.5 Å². The lowest BCUT2D eigenvalue weighted by molar-refractivity contribution is 0.353. The molecule has 0 bridgehead atoms. The molecule has 0 fully saturated rings. The van der Waals surface area contributed by atoms with Gasteiger partial charge in [-0.2, -0.15) is 0 Å². The third-order valence-corrected chi connectivity index (χ3v) is 6.88. The van der Waals surface area contributed by atoms with Gasteiger partial charge in [-0.05, 0) is 28.5 Å². The summed E-state index contributed by atoms with van der Waals surface area (Å²) >= 11 is 0. The van der Waals surface area contributed by atoms with Crippen molar-refractivity contribution in [3.8, 4) is 11.5 Å². The highest BCUT2D eigenvalue weighted by atomic mass is 32.2. The van der Waals surface area contributed by atoms with Gasteiger partial charge in [0.15, 0.2) is 11.5 Å². The molecule has 0 radical (unpaired) electrons. The largest absolute Gasteiger partial charge is 0.493 e. The van der Waals surface area contributed by atoms with Gasteiger partial charge in [-0.3, -0.25) is 9.30 Å². The highest BCUT2D eigenvalue weighted by molar-refractivity contribution is 7.89. The third kappa shape index (κ3) is 3.53.